The van der Waals surface area contributed by atoms with Gasteiger partial charge in [0.1, 0.15) is 25.3 Å². The van der Waals surface area contributed by atoms with E-state index in [1.54, 1.807) is 41.5 Å². The topological polar surface area (TPSA) is 221 Å². The molecule has 4 N–H and O–H groups in total. The van der Waals surface area contributed by atoms with Crippen LogP contribution in [-0.4, -0.2) is 81.7 Å². The van der Waals surface area contributed by atoms with Crippen LogP contribution in [0.2, 0.25) is 0 Å². The van der Waals surface area contributed by atoms with Gasteiger partial charge in [-0.1, -0.05) is 21.6 Å². The second kappa shape index (κ2) is 16.0. The third-order valence-corrected chi connectivity index (χ3v) is 7.51. The highest BCUT2D eigenvalue weighted by Gasteiger charge is 2.35. The quantitative estimate of drug-likeness (QED) is 0.0771. The van der Waals surface area contributed by atoms with Crippen molar-refractivity contribution in [3.05, 3.63) is 20.2 Å². The minimum atomic E-state index is -1.32. The van der Waals surface area contributed by atoms with Gasteiger partial charge in [-0.2, -0.15) is 0 Å². The molecule has 0 heterocycles. The highest BCUT2D eigenvalue weighted by molar-refractivity contribution is 8.76. The molecule has 0 saturated heterocycles. The Labute approximate surface area is 253 Å². The van der Waals surface area contributed by atoms with E-state index < -0.39 is 81.0 Å². The molecule has 0 bridgehead atoms. The van der Waals surface area contributed by atoms with E-state index in [2.05, 4.69) is 30.9 Å². The zero-order valence-electron chi connectivity index (χ0n) is 25.8. The molecule has 0 saturated carbocycles. The third kappa shape index (κ3) is 16.4. The van der Waals surface area contributed by atoms with E-state index in [1.165, 1.54) is 27.7 Å². The van der Waals surface area contributed by atoms with Crippen molar-refractivity contribution >= 4 is 45.2 Å². The smallest absolute Gasteiger partial charge is 0.294 e. The maximum absolute atomic E-state index is 13.0. The first-order valence-corrected chi connectivity index (χ1v) is 15.4. The predicted octanol–water partition coefficient (Wildman–Crippen LogP) is 1.64. The molecule has 0 aromatic heterocycles. The highest BCUT2D eigenvalue weighted by Crippen LogP contribution is 2.25. The lowest BCUT2D eigenvalue weighted by Gasteiger charge is -2.29. The van der Waals surface area contributed by atoms with E-state index in [9.17, 15) is 39.4 Å². The van der Waals surface area contributed by atoms with Gasteiger partial charge in [0, 0.05) is 22.6 Å². The summed E-state index contributed by atoms with van der Waals surface area (Å²) in [5.74, 6) is -2.16. The fourth-order valence-corrected chi connectivity index (χ4v) is 5.11. The number of carbonyl (C=O) groups is 4. The molecule has 242 valence electrons. The Morgan fingerprint density at radius 2 is 0.929 bits per heavy atom. The Bertz CT molecular complexity index is 917. The first-order chi connectivity index (χ1) is 18.9. The van der Waals surface area contributed by atoms with E-state index in [1.807, 2.05) is 0 Å². The number of nitrogens with one attached hydrogen (secondary N) is 4. The van der Waals surface area contributed by atoms with Crippen LogP contribution in [0.5, 0.6) is 0 Å². The Hall–Kier alpha value is -3.02. The van der Waals surface area contributed by atoms with Crippen molar-refractivity contribution in [3.8, 4) is 0 Å². The Kier molecular flexibility index (Phi) is 14.8. The molecule has 0 unspecified atom stereocenters. The van der Waals surface area contributed by atoms with E-state index in [0.717, 1.165) is 21.6 Å². The van der Waals surface area contributed by atoms with Crippen molar-refractivity contribution < 1.29 is 39.0 Å². The van der Waals surface area contributed by atoms with Crippen molar-refractivity contribution in [2.24, 2.45) is 10.8 Å². The molecule has 18 heteroatoms. The van der Waals surface area contributed by atoms with Gasteiger partial charge < -0.3 is 30.9 Å². The molecule has 0 aromatic rings. The van der Waals surface area contributed by atoms with Crippen molar-refractivity contribution in [2.75, 3.05) is 24.7 Å². The second-order valence-electron chi connectivity index (χ2n) is 12.9. The molecule has 0 aliphatic heterocycles. The first-order valence-electron chi connectivity index (χ1n) is 12.9. The summed E-state index contributed by atoms with van der Waals surface area (Å²) in [5.41, 5.74) is -3.88. The molecule has 0 aliphatic carbocycles. The van der Waals surface area contributed by atoms with Gasteiger partial charge in [0.25, 0.3) is 10.2 Å². The minimum Gasteiger partial charge on any atom is -0.350 e. The molecule has 0 spiro atoms. The standard InChI is InChI=1S/C24H44N6O10S2/c1-21(2,3)27-17(31)15(25-19(33)23(7,8)13-39-29(35)36)11-41-42-12-16(18(32)28-22(4,5)6)26-20(34)24(9,10)14-40-30(37)38/h15-16H,11-14H2,1-10H3,(H,25,33)(H,26,34)(H,27,31)(H,28,32)/t15-,16-/m1/s1. The number of amides is 4. The molecule has 2 atom stereocenters. The molecule has 16 nitrogen and oxygen atoms in total. The summed E-state index contributed by atoms with van der Waals surface area (Å²) in [7, 11) is 2.31. The Morgan fingerprint density at radius 1 is 0.643 bits per heavy atom. The van der Waals surface area contributed by atoms with Crippen LogP contribution in [0.25, 0.3) is 0 Å². The molecular formula is C24H44N6O10S2. The number of hydrogen-bond acceptors (Lipinski definition) is 12. The molecule has 4 amide bonds. The van der Waals surface area contributed by atoms with Gasteiger partial charge in [-0.25, -0.2) is 0 Å². The summed E-state index contributed by atoms with van der Waals surface area (Å²) < 4.78 is 0. The predicted molar refractivity (Wildman–Crippen MR) is 158 cm³/mol. The SMILES string of the molecule is CC(C)(C)NC(=O)[C@@H](CSSC[C@@H](NC(=O)C(C)(C)CO[N+](=O)[O-])C(=O)NC(C)(C)C)NC(=O)C(C)(C)CO[N+](=O)[O-]. The van der Waals surface area contributed by atoms with Crippen LogP contribution >= 0.6 is 21.6 Å². The van der Waals surface area contributed by atoms with E-state index >= 15 is 0 Å². The molecule has 0 fully saturated rings. The van der Waals surface area contributed by atoms with E-state index in [0.29, 0.717) is 0 Å². The maximum Gasteiger partial charge on any atom is 0.294 e. The largest absolute Gasteiger partial charge is 0.350 e. The number of carbonyl (C=O) groups excluding carboxylic acids is 4. The molecule has 0 aliphatic rings. The lowest BCUT2D eigenvalue weighted by Crippen LogP contribution is -2.56. The van der Waals surface area contributed by atoms with Crippen molar-refractivity contribution in [1.29, 1.82) is 0 Å². The molecule has 42 heavy (non-hydrogen) atoms. The first kappa shape index (κ1) is 39.0. The summed E-state index contributed by atoms with van der Waals surface area (Å²) in [6.45, 7) is 15.3. The third-order valence-electron chi connectivity index (χ3n) is 5.08. The normalized spacial score (nSPS) is 13.7. The van der Waals surface area contributed by atoms with Crippen molar-refractivity contribution in [2.45, 2.75) is 92.4 Å². The van der Waals surface area contributed by atoms with Crippen LogP contribution in [0.1, 0.15) is 69.2 Å². The van der Waals surface area contributed by atoms with Crippen LogP contribution in [0.3, 0.4) is 0 Å². The van der Waals surface area contributed by atoms with Crippen LogP contribution in [0, 0.1) is 31.1 Å². The molecule has 0 rings (SSSR count). The summed E-state index contributed by atoms with van der Waals surface area (Å²) >= 11 is 0. The van der Waals surface area contributed by atoms with Crippen LogP contribution < -0.4 is 21.3 Å². The Balaban J connectivity index is 5.62. The lowest BCUT2D eigenvalue weighted by atomic mass is 9.93. The lowest BCUT2D eigenvalue weighted by molar-refractivity contribution is -0.760. The van der Waals surface area contributed by atoms with Crippen LogP contribution in [0.4, 0.5) is 0 Å². The summed E-state index contributed by atoms with van der Waals surface area (Å²) in [5, 5.41) is 30.0. The van der Waals surface area contributed by atoms with Crippen LogP contribution in [-0.2, 0) is 28.9 Å². The van der Waals surface area contributed by atoms with Gasteiger partial charge in [0.05, 0.1) is 10.8 Å². The molecular weight excluding hydrogens is 596 g/mol. The van der Waals surface area contributed by atoms with Gasteiger partial charge in [-0.05, 0) is 69.2 Å². The van der Waals surface area contributed by atoms with Gasteiger partial charge in [0.15, 0.2) is 0 Å². The van der Waals surface area contributed by atoms with E-state index in [4.69, 9.17) is 0 Å². The second-order valence-corrected chi connectivity index (χ2v) is 15.4. The fraction of sp³-hybridized carbons (Fsp3) is 0.833. The molecule has 0 radical (unpaired) electrons. The molecule has 0 aromatic carbocycles. The van der Waals surface area contributed by atoms with Crippen molar-refractivity contribution in [1.82, 2.24) is 21.3 Å². The monoisotopic (exact) mass is 640 g/mol. The highest BCUT2D eigenvalue weighted by atomic mass is 33.1. The van der Waals surface area contributed by atoms with E-state index in [-0.39, 0.29) is 11.5 Å². The fourth-order valence-electron chi connectivity index (χ4n) is 2.78. The number of nitrogens with zero attached hydrogens (tertiary/aromatic N) is 2. The average molecular weight is 641 g/mol. The number of rotatable bonds is 17. The van der Waals surface area contributed by atoms with Crippen molar-refractivity contribution in [3.63, 3.8) is 0 Å². The maximum atomic E-state index is 13.0. The summed E-state index contributed by atoms with van der Waals surface area (Å²) in [6, 6.07) is -2.09. The van der Waals surface area contributed by atoms with Gasteiger partial charge in [0.2, 0.25) is 23.6 Å². The zero-order chi connectivity index (χ0) is 33.1. The summed E-state index contributed by atoms with van der Waals surface area (Å²) in [6.07, 6.45) is 0. The van der Waals surface area contributed by atoms with Gasteiger partial charge in [-0.3, -0.25) is 19.2 Å². The number of hydrogen-bond donors (Lipinski definition) is 4. The Morgan fingerprint density at radius 3 is 1.17 bits per heavy atom. The minimum absolute atomic E-state index is 0.0498. The zero-order valence-corrected chi connectivity index (χ0v) is 27.4. The average Bonchev–Trinajstić information content (AvgIpc) is 2.80. The van der Waals surface area contributed by atoms with Gasteiger partial charge in [-0.15, -0.1) is 20.2 Å². The van der Waals surface area contributed by atoms with Crippen LogP contribution in [0.15, 0.2) is 0 Å². The summed E-state index contributed by atoms with van der Waals surface area (Å²) in [4.78, 5) is 81.6. The van der Waals surface area contributed by atoms with Gasteiger partial charge >= 0.3 is 0 Å².